The van der Waals surface area contributed by atoms with Crippen LogP contribution in [0.25, 0.3) is 0 Å². The number of hydrogen-bond acceptors (Lipinski definition) is 13. The van der Waals surface area contributed by atoms with E-state index in [9.17, 15) is 35.2 Å². The third kappa shape index (κ3) is 18.5. The van der Waals surface area contributed by atoms with E-state index in [4.69, 9.17) is 42.1 Å². The summed E-state index contributed by atoms with van der Waals surface area (Å²) in [6.07, 6.45) is -0.497. The zero-order chi connectivity index (χ0) is 37.3. The minimum Gasteiger partial charge on any atom is -0.420 e. The number of hydrogen-bond donors (Lipinski definition) is 0. The molecule has 0 amide bonds. The molecule has 0 unspecified atom stereocenters. The van der Waals surface area contributed by atoms with Crippen LogP contribution >= 0.6 is 0 Å². The molecule has 0 N–H and O–H groups in total. The van der Waals surface area contributed by atoms with Crippen LogP contribution in [0.5, 0.6) is 5.75 Å². The summed E-state index contributed by atoms with van der Waals surface area (Å²) in [6.45, 7) is 5.98. The van der Waals surface area contributed by atoms with Gasteiger partial charge < -0.3 is 42.6 Å². The average Bonchev–Trinajstić information content (AvgIpc) is 3.11. The van der Waals surface area contributed by atoms with Gasteiger partial charge in [0.05, 0.1) is 124 Å². The van der Waals surface area contributed by atoms with Crippen molar-refractivity contribution in [2.75, 3.05) is 112 Å². The number of ether oxygens (including phenoxy) is 9. The van der Waals surface area contributed by atoms with E-state index in [-0.39, 0.29) is 51.1 Å². The Morgan fingerprint density at radius 2 is 0.804 bits per heavy atom. The smallest absolute Gasteiger partial charge is 0.313 e. The Balaban J connectivity index is 1.26. The summed E-state index contributed by atoms with van der Waals surface area (Å²) in [5.41, 5.74) is 0.951. The standard InChI is InChI=1S/C32H43F5O13S/c1-24-2-4-25(5-3-24)51(39,40)49-23-22-48-21-20-47-19-18-46-17-16-45-15-14-44-13-12-43-11-10-42-9-8-41-7-6-26(38)50-32-30(36)28(34)27(33)29(35)31(32)37/h2-5H,6-23H2,1H3. The molecule has 0 aliphatic rings. The van der Waals surface area contributed by atoms with E-state index in [1.807, 2.05) is 6.92 Å². The zero-order valence-electron chi connectivity index (χ0n) is 28.1. The van der Waals surface area contributed by atoms with E-state index in [0.717, 1.165) is 5.56 Å². The summed E-state index contributed by atoms with van der Waals surface area (Å²) >= 11 is 0. The van der Waals surface area contributed by atoms with Crippen LogP contribution in [0.3, 0.4) is 0 Å². The van der Waals surface area contributed by atoms with Crippen LogP contribution in [0.2, 0.25) is 0 Å². The highest BCUT2D eigenvalue weighted by atomic mass is 32.2. The van der Waals surface area contributed by atoms with E-state index in [1.54, 1.807) is 12.1 Å². The van der Waals surface area contributed by atoms with Crippen molar-refractivity contribution in [3.8, 4) is 5.75 Å². The van der Waals surface area contributed by atoms with E-state index in [0.29, 0.717) is 66.1 Å². The van der Waals surface area contributed by atoms with Gasteiger partial charge in [0.2, 0.25) is 34.8 Å². The molecule has 0 saturated carbocycles. The molecule has 51 heavy (non-hydrogen) atoms. The van der Waals surface area contributed by atoms with Crippen molar-refractivity contribution in [3.63, 3.8) is 0 Å². The summed E-state index contributed by atoms with van der Waals surface area (Å²) in [5.74, 6) is -14.2. The Hall–Kier alpha value is -2.85. The molecule has 0 radical (unpaired) electrons. The highest BCUT2D eigenvalue weighted by Crippen LogP contribution is 2.29. The van der Waals surface area contributed by atoms with Gasteiger partial charge in [0.25, 0.3) is 10.1 Å². The van der Waals surface area contributed by atoms with Gasteiger partial charge in [0.15, 0.2) is 0 Å². The Kier molecular flexibility index (Phi) is 22.6. The van der Waals surface area contributed by atoms with E-state index >= 15 is 0 Å². The molecule has 0 atom stereocenters. The molecular weight excluding hydrogens is 719 g/mol. The molecule has 2 rings (SSSR count). The molecular formula is C32H43F5O13S. The topological polar surface area (TPSA) is 144 Å². The molecule has 19 heteroatoms. The second kappa shape index (κ2) is 26.0. The lowest BCUT2D eigenvalue weighted by atomic mass is 10.2. The maximum Gasteiger partial charge on any atom is 0.313 e. The Morgan fingerprint density at radius 3 is 1.18 bits per heavy atom. The van der Waals surface area contributed by atoms with Gasteiger partial charge in [-0.05, 0) is 19.1 Å². The fourth-order valence-electron chi connectivity index (χ4n) is 3.61. The van der Waals surface area contributed by atoms with Crippen LogP contribution in [0.1, 0.15) is 12.0 Å². The fraction of sp³-hybridized carbons (Fsp3) is 0.594. The first-order valence-corrected chi connectivity index (χ1v) is 17.3. The van der Waals surface area contributed by atoms with Crippen LogP contribution < -0.4 is 4.74 Å². The molecule has 0 aliphatic carbocycles. The molecule has 290 valence electrons. The number of esters is 1. The normalized spacial score (nSPS) is 11.7. The van der Waals surface area contributed by atoms with Crippen LogP contribution in [0, 0.1) is 36.0 Å². The molecule has 0 spiro atoms. The van der Waals surface area contributed by atoms with Crippen molar-refractivity contribution in [2.45, 2.75) is 18.2 Å². The maximum absolute atomic E-state index is 13.5. The minimum absolute atomic E-state index is 0.0680. The number of aryl methyl sites for hydroxylation is 1. The van der Waals surface area contributed by atoms with Crippen molar-refractivity contribution < 1.29 is 82.0 Å². The lowest BCUT2D eigenvalue weighted by Gasteiger charge is -2.09. The minimum atomic E-state index is -3.81. The van der Waals surface area contributed by atoms with Gasteiger partial charge in [-0.3, -0.25) is 8.98 Å². The van der Waals surface area contributed by atoms with E-state index < -0.39 is 57.3 Å². The predicted molar refractivity (Wildman–Crippen MR) is 167 cm³/mol. The van der Waals surface area contributed by atoms with Crippen molar-refractivity contribution >= 4 is 16.1 Å². The third-order valence-electron chi connectivity index (χ3n) is 6.22. The first-order valence-electron chi connectivity index (χ1n) is 15.8. The van der Waals surface area contributed by atoms with E-state index in [2.05, 4.69) is 4.74 Å². The Morgan fingerprint density at radius 1 is 0.490 bits per heavy atom. The summed E-state index contributed by atoms with van der Waals surface area (Å²) in [5, 5.41) is 0. The zero-order valence-corrected chi connectivity index (χ0v) is 29.0. The Labute approximate surface area is 293 Å². The maximum atomic E-state index is 13.5. The van der Waals surface area contributed by atoms with Gasteiger partial charge in [-0.25, -0.2) is 13.2 Å². The summed E-state index contributed by atoms with van der Waals surface area (Å²) in [7, 11) is -3.81. The van der Waals surface area contributed by atoms with Gasteiger partial charge in [0.1, 0.15) is 0 Å². The number of benzene rings is 2. The van der Waals surface area contributed by atoms with Crippen LogP contribution in [0.15, 0.2) is 29.2 Å². The summed E-state index contributed by atoms with van der Waals surface area (Å²) < 4.78 is 142. The number of carbonyl (C=O) groups excluding carboxylic acids is 1. The lowest BCUT2D eigenvalue weighted by molar-refractivity contribution is -0.136. The molecule has 2 aromatic rings. The average molecular weight is 763 g/mol. The fourth-order valence-corrected chi connectivity index (χ4v) is 4.50. The highest BCUT2D eigenvalue weighted by Gasteiger charge is 2.28. The van der Waals surface area contributed by atoms with Gasteiger partial charge in [-0.2, -0.15) is 17.2 Å². The molecule has 0 bridgehead atoms. The van der Waals surface area contributed by atoms with Crippen LogP contribution in [0.4, 0.5) is 22.0 Å². The highest BCUT2D eigenvalue weighted by molar-refractivity contribution is 7.86. The molecule has 0 fully saturated rings. The molecule has 13 nitrogen and oxygen atoms in total. The first kappa shape index (κ1) is 44.3. The molecule has 2 aromatic carbocycles. The van der Waals surface area contributed by atoms with Gasteiger partial charge in [-0.15, -0.1) is 0 Å². The SMILES string of the molecule is Cc1ccc(S(=O)(=O)OCCOCCOCCOCCOCCOCCOCCOCCOCCC(=O)Oc2c(F)c(F)c(F)c(F)c2F)cc1. The number of halogens is 5. The molecule has 0 saturated heterocycles. The van der Waals surface area contributed by atoms with Crippen molar-refractivity contribution in [2.24, 2.45) is 0 Å². The van der Waals surface area contributed by atoms with Crippen molar-refractivity contribution in [1.29, 1.82) is 0 Å². The van der Waals surface area contributed by atoms with Crippen LogP contribution in [-0.2, 0) is 57.0 Å². The van der Waals surface area contributed by atoms with E-state index in [1.165, 1.54) is 12.1 Å². The summed E-state index contributed by atoms with van der Waals surface area (Å²) in [4.78, 5) is 11.7. The third-order valence-corrected chi connectivity index (χ3v) is 7.54. The van der Waals surface area contributed by atoms with Crippen molar-refractivity contribution in [1.82, 2.24) is 0 Å². The summed E-state index contributed by atoms with van der Waals surface area (Å²) in [6, 6.07) is 6.38. The first-order chi connectivity index (χ1) is 24.5. The van der Waals surface area contributed by atoms with Gasteiger partial charge in [-0.1, -0.05) is 17.7 Å². The van der Waals surface area contributed by atoms with Crippen molar-refractivity contribution in [3.05, 3.63) is 58.9 Å². The Bertz CT molecular complexity index is 1360. The lowest BCUT2D eigenvalue weighted by Crippen LogP contribution is -2.16. The van der Waals surface area contributed by atoms with Gasteiger partial charge >= 0.3 is 5.97 Å². The molecule has 0 aromatic heterocycles. The monoisotopic (exact) mass is 762 g/mol. The second-order valence-corrected chi connectivity index (χ2v) is 11.7. The van der Waals surface area contributed by atoms with Gasteiger partial charge in [0, 0.05) is 0 Å². The van der Waals surface area contributed by atoms with Crippen LogP contribution in [-0.4, -0.2) is 127 Å². The quantitative estimate of drug-likeness (QED) is 0.0218. The second-order valence-electron chi connectivity index (χ2n) is 10.1. The largest absolute Gasteiger partial charge is 0.420 e. The molecule has 0 aliphatic heterocycles. The predicted octanol–water partition coefficient (Wildman–Crippen LogP) is 3.52. The number of carbonyl (C=O) groups is 1. The number of rotatable bonds is 30. The molecule has 0 heterocycles.